The fourth-order valence-corrected chi connectivity index (χ4v) is 1.37. The summed E-state index contributed by atoms with van der Waals surface area (Å²) in [6, 6.07) is 7.70. The van der Waals surface area contributed by atoms with Gasteiger partial charge in [0.25, 0.3) is 0 Å². The van der Waals surface area contributed by atoms with Gasteiger partial charge >= 0.3 is 0 Å². The molecular weight excluding hydrogens is 172 g/mol. The van der Waals surface area contributed by atoms with E-state index in [0.29, 0.717) is 17.4 Å². The van der Waals surface area contributed by atoms with Crippen LogP contribution in [0.3, 0.4) is 0 Å². The van der Waals surface area contributed by atoms with Crippen molar-refractivity contribution < 1.29 is 4.79 Å². The summed E-state index contributed by atoms with van der Waals surface area (Å²) >= 11 is 0. The molecule has 0 aliphatic heterocycles. The fourth-order valence-electron chi connectivity index (χ4n) is 1.37. The van der Waals surface area contributed by atoms with Crippen molar-refractivity contribution in [3.63, 3.8) is 0 Å². The topological polar surface area (TPSA) is 17.1 Å². The summed E-state index contributed by atoms with van der Waals surface area (Å²) in [5.74, 6) is 1.33. The lowest BCUT2D eigenvalue weighted by molar-refractivity contribution is 0.417. The van der Waals surface area contributed by atoms with Crippen molar-refractivity contribution in [3.8, 4) is 0 Å². The van der Waals surface area contributed by atoms with Crippen molar-refractivity contribution >= 4 is 6.29 Å². The molecule has 1 aromatic rings. The molecule has 1 rings (SSSR count). The number of rotatable bonds is 4. The van der Waals surface area contributed by atoms with Gasteiger partial charge in [0.15, 0.2) is 0 Å². The zero-order valence-electron chi connectivity index (χ0n) is 9.08. The van der Waals surface area contributed by atoms with Crippen LogP contribution in [-0.2, 0) is 11.2 Å². The molecule has 1 atom stereocenters. The van der Waals surface area contributed by atoms with Crippen molar-refractivity contribution in [2.45, 2.75) is 27.2 Å². The van der Waals surface area contributed by atoms with Crippen molar-refractivity contribution in [2.24, 2.45) is 11.8 Å². The van der Waals surface area contributed by atoms with Crippen LogP contribution in [-0.4, -0.2) is 6.29 Å². The Hall–Kier alpha value is -1.11. The van der Waals surface area contributed by atoms with Crippen LogP contribution in [0, 0.1) is 11.8 Å². The zero-order valence-corrected chi connectivity index (χ0v) is 9.08. The van der Waals surface area contributed by atoms with Crippen LogP contribution in [0.4, 0.5) is 0 Å². The first-order valence-electron chi connectivity index (χ1n) is 5.10. The summed E-state index contributed by atoms with van der Waals surface area (Å²) in [7, 11) is 0. The van der Waals surface area contributed by atoms with Crippen LogP contribution < -0.4 is 0 Å². The predicted molar refractivity (Wildman–Crippen MR) is 58.9 cm³/mol. The van der Waals surface area contributed by atoms with E-state index in [4.69, 9.17) is 0 Å². The van der Waals surface area contributed by atoms with E-state index in [1.807, 2.05) is 18.4 Å². The van der Waals surface area contributed by atoms with E-state index in [1.54, 1.807) is 6.07 Å². The van der Waals surface area contributed by atoms with Gasteiger partial charge in [-0.2, -0.15) is 0 Å². The van der Waals surface area contributed by atoms with E-state index in [0.717, 1.165) is 6.42 Å². The third-order valence-corrected chi connectivity index (χ3v) is 2.74. The van der Waals surface area contributed by atoms with Gasteiger partial charge in [-0.1, -0.05) is 39.0 Å². The monoisotopic (exact) mass is 189 g/mol. The van der Waals surface area contributed by atoms with E-state index < -0.39 is 0 Å². The van der Waals surface area contributed by atoms with E-state index in [2.05, 4.69) is 26.8 Å². The maximum atomic E-state index is 10.5. The fraction of sp³-hybridized carbons (Fsp3) is 0.462. The Morgan fingerprint density at radius 3 is 2.57 bits per heavy atom. The molecule has 0 aliphatic rings. The summed E-state index contributed by atoms with van der Waals surface area (Å²) in [5.41, 5.74) is 1.88. The van der Waals surface area contributed by atoms with Crippen molar-refractivity contribution in [2.75, 3.05) is 0 Å². The second-order valence-electron chi connectivity index (χ2n) is 4.23. The van der Waals surface area contributed by atoms with Gasteiger partial charge in [-0.3, -0.25) is 4.79 Å². The Labute approximate surface area is 86.1 Å². The molecule has 14 heavy (non-hydrogen) atoms. The van der Waals surface area contributed by atoms with Gasteiger partial charge in [-0.15, -0.1) is 0 Å². The Morgan fingerprint density at radius 1 is 1.29 bits per heavy atom. The Balaban J connectivity index is 2.71. The molecule has 0 heterocycles. The molecule has 1 unspecified atom stereocenters. The second-order valence-corrected chi connectivity index (χ2v) is 4.23. The lowest BCUT2D eigenvalue weighted by atomic mass is 9.91. The highest BCUT2D eigenvalue weighted by Crippen LogP contribution is 2.16. The Kier molecular flexibility index (Phi) is 3.87. The highest BCUT2D eigenvalue weighted by atomic mass is 16.1. The molecule has 0 aromatic heterocycles. The van der Waals surface area contributed by atoms with Gasteiger partial charge in [0.1, 0.15) is 0 Å². The number of carbonyl (C=O) groups excluding carboxylic acids is 1. The number of benzene rings is 1. The molecule has 0 bridgehead atoms. The molecule has 0 aliphatic carbocycles. The molecule has 0 amide bonds. The Bertz CT molecular complexity index is 302. The van der Waals surface area contributed by atoms with Crippen LogP contribution in [0.15, 0.2) is 24.3 Å². The first-order chi connectivity index (χ1) is 6.63. The minimum atomic E-state index is 0.650. The van der Waals surface area contributed by atoms with Crippen LogP contribution in [0.25, 0.3) is 0 Å². The average Bonchev–Trinajstić information content (AvgIpc) is 2.18. The lowest BCUT2D eigenvalue weighted by Crippen LogP contribution is -2.07. The van der Waals surface area contributed by atoms with E-state index >= 15 is 0 Å². The summed E-state index contributed by atoms with van der Waals surface area (Å²) < 4.78 is 0. The molecule has 0 N–H and O–H groups in total. The Morgan fingerprint density at radius 2 is 2.00 bits per heavy atom. The minimum Gasteiger partial charge on any atom is -0.285 e. The first kappa shape index (κ1) is 11.0. The second kappa shape index (κ2) is 4.94. The zero-order chi connectivity index (χ0) is 10.6. The molecule has 75 valence electrons. The first-order valence-corrected chi connectivity index (χ1v) is 5.10. The molecule has 1 radical (unpaired) electrons. The molecule has 1 heteroatoms. The van der Waals surface area contributed by atoms with E-state index in [-0.39, 0.29) is 0 Å². The highest BCUT2D eigenvalue weighted by Gasteiger charge is 2.08. The van der Waals surface area contributed by atoms with Gasteiger partial charge < -0.3 is 0 Å². The third kappa shape index (κ3) is 2.99. The predicted octanol–water partition coefficient (Wildman–Crippen LogP) is 2.98. The van der Waals surface area contributed by atoms with E-state index in [9.17, 15) is 4.79 Å². The third-order valence-electron chi connectivity index (χ3n) is 2.74. The summed E-state index contributed by atoms with van der Waals surface area (Å²) in [5, 5.41) is 0. The normalized spacial score (nSPS) is 12.9. The molecule has 0 fully saturated rings. The standard InChI is InChI=1S/C13H17O/c1-10(2)11(3)7-12-5-4-6-13(8-12)9-14/h4-6,8,10-11H,7H2,1-3H3. The highest BCUT2D eigenvalue weighted by molar-refractivity contribution is 5.75. The quantitative estimate of drug-likeness (QED) is 0.711. The SMILES string of the molecule is CC(C)C(C)Cc1cccc([C]=O)c1. The molecular formula is C13H17O. The molecule has 1 aromatic carbocycles. The van der Waals surface area contributed by atoms with Crippen LogP contribution in [0.1, 0.15) is 31.9 Å². The smallest absolute Gasteiger partial charge is 0.233 e. The van der Waals surface area contributed by atoms with Gasteiger partial charge in [0, 0.05) is 5.56 Å². The van der Waals surface area contributed by atoms with Gasteiger partial charge in [-0.05, 0) is 29.9 Å². The van der Waals surface area contributed by atoms with Crippen molar-refractivity contribution in [1.82, 2.24) is 0 Å². The van der Waals surface area contributed by atoms with Crippen molar-refractivity contribution in [1.29, 1.82) is 0 Å². The van der Waals surface area contributed by atoms with Crippen LogP contribution in [0.5, 0.6) is 0 Å². The van der Waals surface area contributed by atoms with Gasteiger partial charge in [0.05, 0.1) is 0 Å². The van der Waals surface area contributed by atoms with Gasteiger partial charge in [0.2, 0.25) is 6.29 Å². The molecule has 1 nitrogen and oxygen atoms in total. The maximum absolute atomic E-state index is 10.5. The largest absolute Gasteiger partial charge is 0.285 e. The number of hydrogen-bond donors (Lipinski definition) is 0. The van der Waals surface area contributed by atoms with Gasteiger partial charge in [-0.25, -0.2) is 0 Å². The van der Waals surface area contributed by atoms with Crippen LogP contribution in [0.2, 0.25) is 0 Å². The summed E-state index contributed by atoms with van der Waals surface area (Å²) in [4.78, 5) is 10.5. The minimum absolute atomic E-state index is 0.650. The molecule has 0 saturated heterocycles. The van der Waals surface area contributed by atoms with E-state index in [1.165, 1.54) is 5.56 Å². The van der Waals surface area contributed by atoms with Crippen LogP contribution >= 0.6 is 0 Å². The van der Waals surface area contributed by atoms with Crippen molar-refractivity contribution in [3.05, 3.63) is 35.4 Å². The lowest BCUT2D eigenvalue weighted by Gasteiger charge is -2.15. The molecule has 0 saturated carbocycles. The summed E-state index contributed by atoms with van der Waals surface area (Å²) in [6.07, 6.45) is 2.95. The molecule has 0 spiro atoms. The number of hydrogen-bond acceptors (Lipinski definition) is 1. The average molecular weight is 189 g/mol. The summed E-state index contributed by atoms with van der Waals surface area (Å²) in [6.45, 7) is 6.68. The maximum Gasteiger partial charge on any atom is 0.233 e.